The first-order valence-electron chi connectivity index (χ1n) is 6.00. The molecule has 0 amide bonds. The van der Waals surface area contributed by atoms with Gasteiger partial charge in [0.15, 0.2) is 5.78 Å². The summed E-state index contributed by atoms with van der Waals surface area (Å²) >= 11 is 0. The molecule has 5 heteroatoms. The van der Waals surface area contributed by atoms with Crippen molar-refractivity contribution in [3.8, 4) is 0 Å². The Morgan fingerprint density at radius 3 is 2.22 bits per heavy atom. The molecule has 1 saturated carbocycles. The van der Waals surface area contributed by atoms with Gasteiger partial charge in [0.2, 0.25) is 0 Å². The molecule has 18 heavy (non-hydrogen) atoms. The molecule has 0 aromatic heterocycles. The minimum absolute atomic E-state index is 0.129. The SMILES string of the molecule is O=C(CC1(S(=O)(=O)O)CCCC1)c1ccccc1. The van der Waals surface area contributed by atoms with Crippen molar-refractivity contribution in [2.45, 2.75) is 36.9 Å². The van der Waals surface area contributed by atoms with Crippen LogP contribution in [-0.4, -0.2) is 23.5 Å². The van der Waals surface area contributed by atoms with Crippen molar-refractivity contribution in [1.29, 1.82) is 0 Å². The molecular weight excluding hydrogens is 252 g/mol. The first-order valence-corrected chi connectivity index (χ1v) is 7.44. The van der Waals surface area contributed by atoms with Crippen molar-refractivity contribution < 1.29 is 17.8 Å². The molecule has 1 aromatic carbocycles. The summed E-state index contributed by atoms with van der Waals surface area (Å²) < 4.78 is 31.2. The fourth-order valence-electron chi connectivity index (χ4n) is 2.56. The second-order valence-electron chi connectivity index (χ2n) is 4.83. The molecule has 2 rings (SSSR count). The van der Waals surface area contributed by atoms with Crippen molar-refractivity contribution in [1.82, 2.24) is 0 Å². The van der Waals surface area contributed by atoms with Gasteiger partial charge in [-0.3, -0.25) is 9.35 Å². The highest BCUT2D eigenvalue weighted by molar-refractivity contribution is 7.87. The molecule has 1 aliphatic rings. The highest BCUT2D eigenvalue weighted by Gasteiger charge is 2.46. The summed E-state index contributed by atoms with van der Waals surface area (Å²) in [6.45, 7) is 0. The Morgan fingerprint density at radius 1 is 1.17 bits per heavy atom. The number of ketones is 1. The Bertz CT molecular complexity index is 527. The van der Waals surface area contributed by atoms with Crippen LogP contribution >= 0.6 is 0 Å². The normalized spacial score (nSPS) is 18.7. The molecule has 1 N–H and O–H groups in total. The van der Waals surface area contributed by atoms with E-state index in [1.54, 1.807) is 30.3 Å². The van der Waals surface area contributed by atoms with Gasteiger partial charge in [-0.25, -0.2) is 0 Å². The van der Waals surface area contributed by atoms with Gasteiger partial charge in [-0.2, -0.15) is 8.42 Å². The van der Waals surface area contributed by atoms with Crippen LogP contribution < -0.4 is 0 Å². The van der Waals surface area contributed by atoms with Gasteiger partial charge >= 0.3 is 0 Å². The molecule has 4 nitrogen and oxygen atoms in total. The van der Waals surface area contributed by atoms with Gasteiger partial charge in [0.05, 0.1) is 0 Å². The third-order valence-electron chi connectivity index (χ3n) is 3.64. The van der Waals surface area contributed by atoms with Crippen LogP contribution in [0.1, 0.15) is 42.5 Å². The molecule has 0 spiro atoms. The van der Waals surface area contributed by atoms with E-state index in [1.165, 1.54) is 0 Å². The number of rotatable bonds is 4. The number of benzene rings is 1. The van der Waals surface area contributed by atoms with E-state index in [0.29, 0.717) is 18.4 Å². The summed E-state index contributed by atoms with van der Waals surface area (Å²) in [7, 11) is -4.19. The maximum absolute atomic E-state index is 12.1. The highest BCUT2D eigenvalue weighted by atomic mass is 32.2. The van der Waals surface area contributed by atoms with Crippen LogP contribution in [0.2, 0.25) is 0 Å². The van der Waals surface area contributed by atoms with E-state index in [2.05, 4.69) is 0 Å². The van der Waals surface area contributed by atoms with Crippen LogP contribution in [0.3, 0.4) is 0 Å². The summed E-state index contributed by atoms with van der Waals surface area (Å²) in [6.07, 6.45) is 2.08. The lowest BCUT2D eigenvalue weighted by Crippen LogP contribution is -2.37. The number of hydrogen-bond donors (Lipinski definition) is 1. The topological polar surface area (TPSA) is 71.4 Å². The lowest BCUT2D eigenvalue weighted by atomic mass is 9.96. The van der Waals surface area contributed by atoms with Gasteiger partial charge < -0.3 is 0 Å². The standard InChI is InChI=1S/C13H16O4S/c14-12(11-6-2-1-3-7-11)10-13(18(15,16)17)8-4-5-9-13/h1-3,6-7H,4-5,8-10H2,(H,15,16,17). The van der Waals surface area contributed by atoms with Gasteiger partial charge in [0.25, 0.3) is 10.1 Å². The van der Waals surface area contributed by atoms with E-state index in [-0.39, 0.29) is 12.2 Å². The first kappa shape index (κ1) is 13.2. The van der Waals surface area contributed by atoms with E-state index in [1.807, 2.05) is 0 Å². The molecule has 0 atom stereocenters. The average Bonchev–Trinajstić information content (AvgIpc) is 2.79. The van der Waals surface area contributed by atoms with Crippen molar-refractivity contribution >= 4 is 15.9 Å². The van der Waals surface area contributed by atoms with Crippen LogP contribution in [0.15, 0.2) is 30.3 Å². The van der Waals surface area contributed by atoms with Gasteiger partial charge in [0, 0.05) is 12.0 Å². The molecule has 0 saturated heterocycles. The third-order valence-corrected chi connectivity index (χ3v) is 5.29. The van der Waals surface area contributed by atoms with Crippen molar-refractivity contribution in [2.24, 2.45) is 0 Å². The summed E-state index contributed by atoms with van der Waals surface area (Å²) in [5, 5.41) is 0. The summed E-state index contributed by atoms with van der Waals surface area (Å²) in [5.74, 6) is -0.227. The van der Waals surface area contributed by atoms with Crippen LogP contribution in [-0.2, 0) is 10.1 Å². The van der Waals surface area contributed by atoms with Crippen LogP contribution in [0.25, 0.3) is 0 Å². The Kier molecular flexibility index (Phi) is 3.54. The van der Waals surface area contributed by atoms with Crippen LogP contribution in [0.5, 0.6) is 0 Å². The predicted octanol–water partition coefficient (Wildman–Crippen LogP) is 2.46. The number of hydrogen-bond acceptors (Lipinski definition) is 3. The molecule has 0 heterocycles. The predicted molar refractivity (Wildman–Crippen MR) is 68.1 cm³/mol. The van der Waals surface area contributed by atoms with Crippen molar-refractivity contribution in [3.63, 3.8) is 0 Å². The average molecular weight is 268 g/mol. The zero-order chi connectivity index (χ0) is 13.2. The molecule has 0 unspecified atom stereocenters. The Morgan fingerprint density at radius 2 is 1.72 bits per heavy atom. The smallest absolute Gasteiger partial charge is 0.271 e. The van der Waals surface area contributed by atoms with Gasteiger partial charge in [-0.15, -0.1) is 0 Å². The molecule has 0 bridgehead atoms. The Balaban J connectivity index is 2.24. The van der Waals surface area contributed by atoms with E-state index >= 15 is 0 Å². The van der Waals surface area contributed by atoms with E-state index < -0.39 is 14.9 Å². The van der Waals surface area contributed by atoms with Gasteiger partial charge in [-0.05, 0) is 12.8 Å². The maximum atomic E-state index is 12.1. The molecule has 1 aliphatic carbocycles. The second kappa shape index (κ2) is 4.82. The molecule has 0 aliphatic heterocycles. The highest BCUT2D eigenvalue weighted by Crippen LogP contribution is 2.39. The fourth-order valence-corrected chi connectivity index (χ4v) is 3.68. The Hall–Kier alpha value is -1.20. The Labute approximate surface area is 107 Å². The monoisotopic (exact) mass is 268 g/mol. The van der Waals surface area contributed by atoms with Crippen molar-refractivity contribution in [3.05, 3.63) is 35.9 Å². The van der Waals surface area contributed by atoms with E-state index in [0.717, 1.165) is 12.8 Å². The first-order chi connectivity index (χ1) is 8.45. The zero-order valence-corrected chi connectivity index (χ0v) is 10.8. The van der Waals surface area contributed by atoms with Gasteiger partial charge in [-0.1, -0.05) is 43.2 Å². The number of carbonyl (C=O) groups excluding carboxylic acids is 1. The molecule has 1 fully saturated rings. The fraction of sp³-hybridized carbons (Fsp3) is 0.462. The lowest BCUT2D eigenvalue weighted by Gasteiger charge is -2.24. The summed E-state index contributed by atoms with van der Waals surface area (Å²) in [4.78, 5) is 12.1. The number of Topliss-reactive ketones (excluding diaryl/α,β-unsaturated/α-hetero) is 1. The minimum Gasteiger partial charge on any atom is -0.294 e. The second-order valence-corrected chi connectivity index (χ2v) is 6.65. The molecular formula is C13H16O4S. The molecule has 98 valence electrons. The van der Waals surface area contributed by atoms with E-state index in [4.69, 9.17) is 0 Å². The summed E-state index contributed by atoms with van der Waals surface area (Å²) in [5.41, 5.74) is 0.493. The van der Waals surface area contributed by atoms with E-state index in [9.17, 15) is 17.8 Å². The van der Waals surface area contributed by atoms with Gasteiger partial charge in [0.1, 0.15) is 4.75 Å². The largest absolute Gasteiger partial charge is 0.294 e. The van der Waals surface area contributed by atoms with Crippen LogP contribution in [0.4, 0.5) is 0 Å². The molecule has 0 radical (unpaired) electrons. The third kappa shape index (κ3) is 2.47. The lowest BCUT2D eigenvalue weighted by molar-refractivity contribution is 0.0965. The van der Waals surface area contributed by atoms with Crippen molar-refractivity contribution in [2.75, 3.05) is 0 Å². The molecule has 1 aromatic rings. The zero-order valence-electron chi connectivity index (χ0n) is 10.0. The number of carbonyl (C=O) groups is 1. The summed E-state index contributed by atoms with van der Waals surface area (Å²) in [6, 6.07) is 8.60. The quantitative estimate of drug-likeness (QED) is 0.672. The van der Waals surface area contributed by atoms with Crippen LogP contribution in [0, 0.1) is 0 Å². The maximum Gasteiger partial charge on any atom is 0.271 e. The minimum atomic E-state index is -4.19.